The van der Waals surface area contributed by atoms with Crippen molar-refractivity contribution >= 4 is 47.0 Å². The third-order valence-corrected chi connectivity index (χ3v) is 5.40. The number of non-ortho nitro benzene ring substituents is 1. The molecule has 0 saturated carbocycles. The van der Waals surface area contributed by atoms with E-state index >= 15 is 0 Å². The number of nitro groups is 1. The first-order valence-corrected chi connectivity index (χ1v) is 12.1. The molecule has 0 bridgehead atoms. The quantitative estimate of drug-likeness (QED) is 0.148. The smallest absolute Gasteiger partial charge is 0.269 e. The van der Waals surface area contributed by atoms with Crippen molar-refractivity contribution in [3.63, 3.8) is 0 Å². The summed E-state index contributed by atoms with van der Waals surface area (Å²) in [6, 6.07) is 10.6. The predicted octanol–water partition coefficient (Wildman–Crippen LogP) is 5.74. The van der Waals surface area contributed by atoms with Crippen molar-refractivity contribution in [2.75, 3.05) is 28.7 Å². The number of aromatic nitrogens is 3. The minimum atomic E-state index is -0.456. The Bertz CT molecular complexity index is 1180. The number of rotatable bonds is 13. The Balaban J connectivity index is 1.90. The van der Waals surface area contributed by atoms with Crippen LogP contribution in [0.3, 0.4) is 0 Å². The number of hydrogen-bond acceptors (Lipinski definition) is 10. The highest BCUT2D eigenvalue weighted by Gasteiger charge is 2.14. The standard InChI is InChI=1S/C24H29ClN8O3/c1-3-5-13-32(14-6-4-2)24-29-22(27-19-8-10-20(11-9-19)33(35)36)28-23(30-24)31-26-16-17-15-18(25)7-12-21(17)34/h7-12,15-16,34H,3-6,13-14H2,1-2H3,(H2,27,28,29,30,31)/b26-16-. The first-order chi connectivity index (χ1) is 17.4. The fourth-order valence-corrected chi connectivity index (χ4v) is 3.39. The third kappa shape index (κ3) is 7.77. The maximum atomic E-state index is 11.0. The van der Waals surface area contributed by atoms with Crippen LogP contribution in [0, 0.1) is 10.1 Å². The van der Waals surface area contributed by atoms with Crippen LogP contribution in [-0.4, -0.2) is 44.3 Å². The zero-order valence-corrected chi connectivity index (χ0v) is 20.9. The molecular formula is C24H29ClN8O3. The van der Waals surface area contributed by atoms with Crippen molar-refractivity contribution in [2.45, 2.75) is 39.5 Å². The largest absolute Gasteiger partial charge is 0.507 e. The van der Waals surface area contributed by atoms with Gasteiger partial charge in [-0.25, -0.2) is 5.43 Å². The van der Waals surface area contributed by atoms with Crippen LogP contribution in [0.25, 0.3) is 0 Å². The van der Waals surface area contributed by atoms with Crippen LogP contribution in [0.1, 0.15) is 45.1 Å². The number of halogens is 1. The lowest BCUT2D eigenvalue weighted by Crippen LogP contribution is -2.28. The summed E-state index contributed by atoms with van der Waals surface area (Å²) in [5.74, 6) is 0.974. The van der Waals surface area contributed by atoms with E-state index in [-0.39, 0.29) is 23.3 Å². The van der Waals surface area contributed by atoms with Gasteiger partial charge in [0.05, 0.1) is 11.1 Å². The summed E-state index contributed by atoms with van der Waals surface area (Å²) in [6.45, 7) is 5.83. The lowest BCUT2D eigenvalue weighted by molar-refractivity contribution is -0.384. The van der Waals surface area contributed by atoms with Gasteiger partial charge in [0.2, 0.25) is 17.8 Å². The molecule has 0 fully saturated rings. The van der Waals surface area contributed by atoms with E-state index in [0.717, 1.165) is 38.8 Å². The van der Waals surface area contributed by atoms with Crippen LogP contribution >= 0.6 is 11.6 Å². The number of phenols is 1. The lowest BCUT2D eigenvalue weighted by atomic mass is 10.2. The van der Waals surface area contributed by atoms with E-state index < -0.39 is 4.92 Å². The fraction of sp³-hybridized carbons (Fsp3) is 0.333. The zero-order chi connectivity index (χ0) is 25.9. The second-order valence-corrected chi connectivity index (χ2v) is 8.42. The monoisotopic (exact) mass is 512 g/mol. The summed E-state index contributed by atoms with van der Waals surface area (Å²) in [4.78, 5) is 26.1. The molecule has 2 aromatic carbocycles. The fourth-order valence-electron chi connectivity index (χ4n) is 3.21. The average molecular weight is 513 g/mol. The minimum absolute atomic E-state index is 0.0110. The minimum Gasteiger partial charge on any atom is -0.507 e. The van der Waals surface area contributed by atoms with Gasteiger partial charge >= 0.3 is 0 Å². The number of aromatic hydroxyl groups is 1. The van der Waals surface area contributed by atoms with E-state index in [2.05, 4.69) is 49.5 Å². The SMILES string of the molecule is CCCCN(CCCC)c1nc(N/N=C\c2cc(Cl)ccc2O)nc(Nc2ccc([N+](=O)[O-])cc2)n1. The number of phenolic OH excluding ortho intramolecular Hbond substituents is 1. The molecule has 1 aromatic heterocycles. The van der Waals surface area contributed by atoms with Gasteiger partial charge in [0.25, 0.3) is 5.69 Å². The van der Waals surface area contributed by atoms with Crippen molar-refractivity contribution in [2.24, 2.45) is 5.10 Å². The highest BCUT2D eigenvalue weighted by atomic mass is 35.5. The van der Waals surface area contributed by atoms with Crippen LogP contribution in [-0.2, 0) is 0 Å². The second kappa shape index (κ2) is 13.2. The van der Waals surface area contributed by atoms with Crippen molar-refractivity contribution < 1.29 is 10.0 Å². The molecule has 12 heteroatoms. The highest BCUT2D eigenvalue weighted by Crippen LogP contribution is 2.22. The topological polar surface area (TPSA) is 142 Å². The number of hydrazone groups is 1. The van der Waals surface area contributed by atoms with Crippen LogP contribution in [0.4, 0.5) is 29.2 Å². The van der Waals surface area contributed by atoms with Gasteiger partial charge in [-0.3, -0.25) is 10.1 Å². The Kier molecular flexibility index (Phi) is 9.75. The molecule has 36 heavy (non-hydrogen) atoms. The molecular weight excluding hydrogens is 484 g/mol. The molecule has 0 radical (unpaired) electrons. The molecule has 0 aliphatic heterocycles. The first-order valence-electron chi connectivity index (χ1n) is 11.7. The van der Waals surface area contributed by atoms with Gasteiger partial charge in [-0.1, -0.05) is 38.3 Å². The van der Waals surface area contributed by atoms with E-state index in [1.165, 1.54) is 24.4 Å². The molecule has 3 N–H and O–H groups in total. The molecule has 0 spiro atoms. The number of nitrogens with one attached hydrogen (secondary N) is 2. The normalized spacial score (nSPS) is 11.0. The number of unbranched alkanes of at least 4 members (excludes halogenated alkanes) is 2. The maximum Gasteiger partial charge on any atom is 0.269 e. The number of benzene rings is 2. The third-order valence-electron chi connectivity index (χ3n) is 5.16. The number of nitro benzene ring substituents is 1. The van der Waals surface area contributed by atoms with Gasteiger partial charge in [0, 0.05) is 41.5 Å². The number of anilines is 4. The van der Waals surface area contributed by atoms with Gasteiger partial charge in [-0.15, -0.1) is 0 Å². The Labute approximate surface area is 214 Å². The van der Waals surface area contributed by atoms with Gasteiger partial charge < -0.3 is 15.3 Å². The Morgan fingerprint density at radius 1 is 1.06 bits per heavy atom. The van der Waals surface area contributed by atoms with Crippen LogP contribution in [0.5, 0.6) is 5.75 Å². The number of nitrogens with zero attached hydrogens (tertiary/aromatic N) is 6. The summed E-state index contributed by atoms with van der Waals surface area (Å²) in [5, 5.41) is 28.6. The van der Waals surface area contributed by atoms with E-state index in [0.29, 0.717) is 22.2 Å². The van der Waals surface area contributed by atoms with E-state index in [9.17, 15) is 15.2 Å². The van der Waals surface area contributed by atoms with Crippen molar-refractivity contribution in [1.82, 2.24) is 15.0 Å². The van der Waals surface area contributed by atoms with Gasteiger partial charge in [0.1, 0.15) is 5.75 Å². The van der Waals surface area contributed by atoms with Crippen LogP contribution in [0.15, 0.2) is 47.6 Å². The van der Waals surface area contributed by atoms with Crippen molar-refractivity contribution in [3.05, 3.63) is 63.2 Å². The van der Waals surface area contributed by atoms with Crippen molar-refractivity contribution in [3.8, 4) is 5.75 Å². The Hall–Kier alpha value is -3.99. The molecule has 0 unspecified atom stereocenters. The predicted molar refractivity (Wildman–Crippen MR) is 143 cm³/mol. The number of hydrogen-bond donors (Lipinski definition) is 3. The van der Waals surface area contributed by atoms with E-state index in [1.807, 2.05) is 0 Å². The molecule has 3 rings (SSSR count). The molecule has 11 nitrogen and oxygen atoms in total. The lowest BCUT2D eigenvalue weighted by Gasteiger charge is -2.23. The summed E-state index contributed by atoms with van der Waals surface area (Å²) >= 11 is 6.00. The Morgan fingerprint density at radius 2 is 1.72 bits per heavy atom. The zero-order valence-electron chi connectivity index (χ0n) is 20.2. The summed E-state index contributed by atoms with van der Waals surface area (Å²) in [6.07, 6.45) is 5.44. The second-order valence-electron chi connectivity index (χ2n) is 7.98. The van der Waals surface area contributed by atoms with Crippen LogP contribution < -0.4 is 15.6 Å². The molecule has 1 heterocycles. The molecule has 190 valence electrons. The van der Waals surface area contributed by atoms with Gasteiger partial charge in [-0.05, 0) is 43.2 Å². The molecule has 0 aliphatic rings. The van der Waals surface area contributed by atoms with Crippen LogP contribution in [0.2, 0.25) is 5.02 Å². The van der Waals surface area contributed by atoms with Gasteiger partial charge in [-0.2, -0.15) is 20.1 Å². The average Bonchev–Trinajstić information content (AvgIpc) is 2.86. The highest BCUT2D eigenvalue weighted by molar-refractivity contribution is 6.30. The summed E-state index contributed by atoms with van der Waals surface area (Å²) in [7, 11) is 0. The molecule has 3 aromatic rings. The van der Waals surface area contributed by atoms with E-state index in [1.54, 1.807) is 24.3 Å². The van der Waals surface area contributed by atoms with Gasteiger partial charge in [0.15, 0.2) is 0 Å². The summed E-state index contributed by atoms with van der Waals surface area (Å²) in [5.41, 5.74) is 3.80. The molecule has 0 amide bonds. The molecule has 0 saturated heterocycles. The van der Waals surface area contributed by atoms with E-state index in [4.69, 9.17) is 11.6 Å². The molecule has 0 aliphatic carbocycles. The first kappa shape index (κ1) is 26.6. The van der Waals surface area contributed by atoms with Crippen molar-refractivity contribution in [1.29, 1.82) is 0 Å². The summed E-state index contributed by atoms with van der Waals surface area (Å²) < 4.78 is 0. The molecule has 0 atom stereocenters. The maximum absolute atomic E-state index is 11.0. The Morgan fingerprint density at radius 3 is 2.36 bits per heavy atom.